The number of morpholine rings is 1. The van der Waals surface area contributed by atoms with Crippen molar-refractivity contribution in [3.63, 3.8) is 0 Å². The van der Waals surface area contributed by atoms with Crippen LogP contribution >= 0.6 is 0 Å². The van der Waals surface area contributed by atoms with Gasteiger partial charge in [0.25, 0.3) is 5.91 Å². The Kier molecular flexibility index (Phi) is 8.36. The van der Waals surface area contributed by atoms with Gasteiger partial charge in [0.2, 0.25) is 5.88 Å². The van der Waals surface area contributed by atoms with Crippen LogP contribution in [0.2, 0.25) is 0 Å². The molecule has 2 heterocycles. The van der Waals surface area contributed by atoms with Crippen molar-refractivity contribution in [2.45, 2.75) is 19.0 Å². The number of H-pyrrole nitrogens is 1. The van der Waals surface area contributed by atoms with E-state index < -0.39 is 23.8 Å². The van der Waals surface area contributed by atoms with Crippen LogP contribution in [0.4, 0.5) is 18.0 Å². The van der Waals surface area contributed by atoms with Crippen LogP contribution in [0, 0.1) is 0 Å². The Labute approximate surface area is 255 Å². The summed E-state index contributed by atoms with van der Waals surface area (Å²) in [6.45, 7) is 1.55. The number of nitrogens with one attached hydrogen (secondary N) is 1. The monoisotopic (exact) mass is 618 g/mol. The van der Waals surface area contributed by atoms with Gasteiger partial charge in [-0.05, 0) is 42.0 Å². The number of alkyl halides is 3. The van der Waals surface area contributed by atoms with Crippen LogP contribution in [0.25, 0.3) is 32.8 Å². The molecule has 0 saturated carbocycles. The first-order valence-electron chi connectivity index (χ1n) is 14.4. The summed E-state index contributed by atoms with van der Waals surface area (Å²) in [5, 5.41) is 11.9. The zero-order valence-electron chi connectivity index (χ0n) is 24.0. The molecule has 8 nitrogen and oxygen atoms in total. The van der Waals surface area contributed by atoms with Crippen LogP contribution in [-0.2, 0) is 17.3 Å². The predicted molar refractivity (Wildman–Crippen MR) is 162 cm³/mol. The molecule has 1 aromatic heterocycles. The molecule has 2 N–H and O–H groups in total. The van der Waals surface area contributed by atoms with Gasteiger partial charge < -0.3 is 29.2 Å². The molecule has 0 unspecified atom stereocenters. The second-order valence-electron chi connectivity index (χ2n) is 10.6. The molecule has 4 aromatic carbocycles. The Morgan fingerprint density at radius 3 is 2.42 bits per heavy atom. The number of halogens is 3. The van der Waals surface area contributed by atoms with E-state index in [0.717, 1.165) is 16.8 Å². The number of carboxylic acid groups (broad SMARTS) is 1. The van der Waals surface area contributed by atoms with Gasteiger partial charge >= 0.3 is 12.3 Å². The van der Waals surface area contributed by atoms with Crippen molar-refractivity contribution in [3.8, 4) is 22.8 Å². The fourth-order valence-electron chi connectivity index (χ4n) is 5.75. The Bertz CT molecular complexity index is 1870. The molecule has 1 fully saturated rings. The van der Waals surface area contributed by atoms with Crippen LogP contribution in [0.1, 0.15) is 27.9 Å². The normalized spacial score (nSPS) is 13.7. The molecule has 0 atom stereocenters. The number of aryl methyl sites for hydroxylation is 1. The number of hydrogen-bond acceptors (Lipinski definition) is 5. The summed E-state index contributed by atoms with van der Waals surface area (Å²) >= 11 is 0. The molecule has 232 valence electrons. The Morgan fingerprint density at radius 2 is 1.64 bits per heavy atom. The van der Waals surface area contributed by atoms with E-state index >= 15 is 0 Å². The zero-order chi connectivity index (χ0) is 31.6. The fraction of sp³-hybridized carbons (Fsp3) is 0.235. The van der Waals surface area contributed by atoms with Crippen LogP contribution in [0.3, 0.4) is 0 Å². The quantitative estimate of drug-likeness (QED) is 0.138. The minimum Gasteiger partial charge on any atom is -0.493 e. The van der Waals surface area contributed by atoms with Crippen molar-refractivity contribution < 1.29 is 42.1 Å². The van der Waals surface area contributed by atoms with Crippen molar-refractivity contribution in [3.05, 3.63) is 95.6 Å². The third-order valence-electron chi connectivity index (χ3n) is 7.83. The highest BCUT2D eigenvalue weighted by atomic mass is 19.4. The van der Waals surface area contributed by atoms with E-state index in [-0.39, 0.29) is 28.1 Å². The highest BCUT2D eigenvalue weighted by Gasteiger charge is 2.36. The van der Waals surface area contributed by atoms with Gasteiger partial charge in [-0.15, -0.1) is 0 Å². The SMILES string of the molecule is O=C(O)Oc1[nH]c2c(-c3ccc(C(=O)N4CCOCC4)cc3C(F)(F)F)cccc2c1CCCOc1cccc2ccccc12. The van der Waals surface area contributed by atoms with E-state index in [9.17, 15) is 27.9 Å². The van der Waals surface area contributed by atoms with Crippen molar-refractivity contribution in [1.29, 1.82) is 0 Å². The molecule has 6 rings (SSSR count). The zero-order valence-corrected chi connectivity index (χ0v) is 24.0. The van der Waals surface area contributed by atoms with Gasteiger partial charge in [0.15, 0.2) is 0 Å². The number of aromatic amines is 1. The number of carbonyl (C=O) groups excluding carboxylic acids is 1. The van der Waals surface area contributed by atoms with Gasteiger partial charge in [0, 0.05) is 40.6 Å². The highest BCUT2D eigenvalue weighted by Crippen LogP contribution is 2.42. The van der Waals surface area contributed by atoms with Crippen LogP contribution in [-0.4, -0.2) is 60.0 Å². The van der Waals surface area contributed by atoms with Gasteiger partial charge in [0.05, 0.1) is 30.9 Å². The summed E-state index contributed by atoms with van der Waals surface area (Å²) in [7, 11) is 0. The Balaban J connectivity index is 1.32. The molecule has 1 amide bonds. The first-order chi connectivity index (χ1) is 21.7. The number of fused-ring (bicyclic) bond motifs is 2. The molecule has 0 radical (unpaired) electrons. The lowest BCUT2D eigenvalue weighted by atomic mass is 9.94. The molecule has 45 heavy (non-hydrogen) atoms. The molecular weight excluding hydrogens is 589 g/mol. The van der Waals surface area contributed by atoms with Crippen molar-refractivity contribution >= 4 is 33.7 Å². The third kappa shape index (κ3) is 6.30. The van der Waals surface area contributed by atoms with E-state index in [1.165, 1.54) is 23.1 Å². The number of aromatic nitrogens is 1. The first-order valence-corrected chi connectivity index (χ1v) is 14.4. The second-order valence-corrected chi connectivity index (χ2v) is 10.6. The number of benzene rings is 4. The summed E-state index contributed by atoms with van der Waals surface area (Å²) < 4.78 is 59.7. The van der Waals surface area contributed by atoms with E-state index in [1.54, 1.807) is 12.1 Å². The minimum atomic E-state index is -4.77. The summed E-state index contributed by atoms with van der Waals surface area (Å²) in [5.74, 6) is 0.146. The molecule has 11 heteroatoms. The standard InChI is InChI=1S/C34H29F3N2O6/c35-34(36,37)28-20-22(32(40)39-15-18-43-19-16-39)13-14-24(28)25-9-4-10-26-27(31(38-30(25)26)45-33(41)42)11-5-17-44-29-12-3-7-21-6-1-2-8-23(21)29/h1-4,6-10,12-14,20,38H,5,11,15-19H2,(H,41,42). The van der Waals surface area contributed by atoms with Gasteiger partial charge in [-0.1, -0.05) is 60.7 Å². The number of ether oxygens (including phenoxy) is 3. The maximum absolute atomic E-state index is 14.4. The van der Waals surface area contributed by atoms with E-state index in [0.29, 0.717) is 62.5 Å². The van der Waals surface area contributed by atoms with E-state index in [4.69, 9.17) is 14.2 Å². The van der Waals surface area contributed by atoms with Crippen molar-refractivity contribution in [1.82, 2.24) is 9.88 Å². The number of para-hydroxylation sites is 1. The first kappa shape index (κ1) is 30.0. The Morgan fingerprint density at radius 1 is 0.911 bits per heavy atom. The number of amides is 1. The van der Waals surface area contributed by atoms with Gasteiger partial charge in [-0.2, -0.15) is 13.2 Å². The summed E-state index contributed by atoms with van der Waals surface area (Å²) in [6.07, 6.45) is -5.52. The summed E-state index contributed by atoms with van der Waals surface area (Å²) in [5.41, 5.74) is -0.220. The van der Waals surface area contributed by atoms with Gasteiger partial charge in [0.1, 0.15) is 5.75 Å². The molecule has 5 aromatic rings. The number of hydrogen-bond donors (Lipinski definition) is 2. The maximum Gasteiger partial charge on any atom is 0.512 e. The van der Waals surface area contributed by atoms with E-state index in [2.05, 4.69) is 4.98 Å². The van der Waals surface area contributed by atoms with Crippen LogP contribution in [0.5, 0.6) is 11.6 Å². The number of carbonyl (C=O) groups is 2. The van der Waals surface area contributed by atoms with Gasteiger partial charge in [-0.25, -0.2) is 4.79 Å². The summed E-state index contributed by atoms with van der Waals surface area (Å²) in [6, 6.07) is 21.9. The molecule has 1 aliphatic rings. The lowest BCUT2D eigenvalue weighted by Crippen LogP contribution is -2.40. The average molecular weight is 619 g/mol. The largest absolute Gasteiger partial charge is 0.512 e. The summed E-state index contributed by atoms with van der Waals surface area (Å²) in [4.78, 5) is 28.9. The molecule has 1 saturated heterocycles. The number of nitrogens with zero attached hydrogens (tertiary/aromatic N) is 1. The van der Waals surface area contributed by atoms with Crippen molar-refractivity contribution in [2.24, 2.45) is 0 Å². The van der Waals surface area contributed by atoms with E-state index in [1.807, 2.05) is 42.5 Å². The lowest BCUT2D eigenvalue weighted by Gasteiger charge is -2.27. The Hall–Kier alpha value is -5.03. The van der Waals surface area contributed by atoms with Crippen LogP contribution in [0.15, 0.2) is 78.9 Å². The molecule has 1 aliphatic heterocycles. The molecule has 0 spiro atoms. The lowest BCUT2D eigenvalue weighted by molar-refractivity contribution is -0.137. The molecule has 0 bridgehead atoms. The minimum absolute atomic E-state index is 0.0669. The maximum atomic E-state index is 14.4. The van der Waals surface area contributed by atoms with Crippen LogP contribution < -0.4 is 9.47 Å². The van der Waals surface area contributed by atoms with Crippen molar-refractivity contribution in [2.75, 3.05) is 32.9 Å². The smallest absolute Gasteiger partial charge is 0.493 e. The predicted octanol–water partition coefficient (Wildman–Crippen LogP) is 7.55. The third-order valence-corrected chi connectivity index (χ3v) is 7.83. The topological polar surface area (TPSA) is 101 Å². The fourth-order valence-corrected chi connectivity index (χ4v) is 5.75. The van der Waals surface area contributed by atoms with Gasteiger partial charge in [-0.3, -0.25) is 4.79 Å². The average Bonchev–Trinajstić information content (AvgIpc) is 3.38. The molecular formula is C34H29F3N2O6. The second kappa shape index (κ2) is 12.5. The molecule has 0 aliphatic carbocycles. The number of rotatable bonds is 8. The highest BCUT2D eigenvalue weighted by molar-refractivity contribution is 6.00.